The molecule has 3 rings (SSSR count). The van der Waals surface area contributed by atoms with Crippen molar-refractivity contribution in [1.82, 2.24) is 4.90 Å². The highest BCUT2D eigenvalue weighted by molar-refractivity contribution is 7.92. The van der Waals surface area contributed by atoms with Gasteiger partial charge in [0.05, 0.1) is 11.5 Å². The van der Waals surface area contributed by atoms with Gasteiger partial charge in [-0.15, -0.1) is 0 Å². The van der Waals surface area contributed by atoms with Crippen molar-refractivity contribution in [2.45, 2.75) is 12.8 Å². The molecule has 2 aliphatic heterocycles. The highest BCUT2D eigenvalue weighted by atomic mass is 32.2. The molecule has 2 aliphatic rings. The molecular weight excluding hydrogens is 312 g/mol. The molecule has 7 heteroatoms. The second-order valence-electron chi connectivity index (χ2n) is 6.30. The van der Waals surface area contributed by atoms with Gasteiger partial charge in [0.25, 0.3) is 0 Å². The van der Waals surface area contributed by atoms with Gasteiger partial charge in [-0.1, -0.05) is 0 Å². The van der Waals surface area contributed by atoms with Gasteiger partial charge in [-0.25, -0.2) is 17.2 Å². The van der Waals surface area contributed by atoms with Crippen LogP contribution in [0.5, 0.6) is 5.75 Å². The molecule has 22 heavy (non-hydrogen) atoms. The van der Waals surface area contributed by atoms with Crippen molar-refractivity contribution < 1.29 is 21.9 Å². The van der Waals surface area contributed by atoms with E-state index in [0.29, 0.717) is 30.4 Å². The average molecular weight is 331 g/mol. The van der Waals surface area contributed by atoms with Crippen molar-refractivity contribution >= 4 is 9.84 Å². The predicted octanol–water partition coefficient (Wildman–Crippen LogP) is 1.85. The molecule has 0 atom stereocenters. The number of likely N-dealkylation sites (tertiary alicyclic amines) is 1. The van der Waals surface area contributed by atoms with E-state index >= 15 is 0 Å². The Morgan fingerprint density at radius 2 is 1.82 bits per heavy atom. The Morgan fingerprint density at radius 3 is 2.41 bits per heavy atom. The molecular formula is C15H19F2NO3S. The molecule has 4 nitrogen and oxygen atoms in total. The SMILES string of the molecule is O=S1(=O)CC2(CCN(CCOc3ccc(F)c(F)c3)CC2)C1. The molecule has 0 N–H and O–H groups in total. The lowest BCUT2D eigenvalue weighted by atomic mass is 9.81. The van der Waals surface area contributed by atoms with Crippen LogP contribution < -0.4 is 4.74 Å². The molecule has 1 spiro atoms. The zero-order valence-corrected chi connectivity index (χ0v) is 13.0. The van der Waals surface area contributed by atoms with Crippen LogP contribution >= 0.6 is 0 Å². The summed E-state index contributed by atoms with van der Waals surface area (Å²) >= 11 is 0. The second-order valence-corrected chi connectivity index (χ2v) is 8.36. The first kappa shape index (κ1) is 15.7. The van der Waals surface area contributed by atoms with E-state index < -0.39 is 21.5 Å². The normalized spacial score (nSPS) is 23.2. The summed E-state index contributed by atoms with van der Waals surface area (Å²) in [5, 5.41) is 0. The zero-order valence-electron chi connectivity index (χ0n) is 12.2. The van der Waals surface area contributed by atoms with E-state index in [1.807, 2.05) is 0 Å². The Hall–Kier alpha value is -1.21. The standard InChI is InChI=1S/C15H19F2NO3S/c16-13-2-1-12(9-14(13)17)21-8-7-18-5-3-15(4-6-18)10-22(19,20)11-15/h1-2,9H,3-8,10-11H2. The molecule has 0 bridgehead atoms. The van der Waals surface area contributed by atoms with Gasteiger partial charge in [-0.05, 0) is 38.1 Å². The largest absolute Gasteiger partial charge is 0.492 e. The summed E-state index contributed by atoms with van der Waals surface area (Å²) in [6.45, 7) is 2.81. The minimum absolute atomic E-state index is 0.0102. The lowest BCUT2D eigenvalue weighted by molar-refractivity contribution is 0.110. The molecule has 2 fully saturated rings. The molecule has 0 unspecified atom stereocenters. The monoisotopic (exact) mass is 331 g/mol. The number of hydrogen-bond donors (Lipinski definition) is 0. The van der Waals surface area contributed by atoms with Crippen molar-refractivity contribution in [3.05, 3.63) is 29.8 Å². The van der Waals surface area contributed by atoms with E-state index in [4.69, 9.17) is 4.74 Å². The molecule has 0 aliphatic carbocycles. The quantitative estimate of drug-likeness (QED) is 0.845. The Balaban J connectivity index is 1.41. The number of benzene rings is 1. The highest BCUT2D eigenvalue weighted by Gasteiger charge is 2.49. The second kappa shape index (κ2) is 5.77. The van der Waals surface area contributed by atoms with Gasteiger partial charge in [0.1, 0.15) is 12.4 Å². The minimum atomic E-state index is -2.78. The Labute approximate surface area is 129 Å². The zero-order chi connectivity index (χ0) is 15.8. The van der Waals surface area contributed by atoms with E-state index in [2.05, 4.69) is 4.90 Å². The summed E-state index contributed by atoms with van der Waals surface area (Å²) in [5.41, 5.74) is 0.0102. The van der Waals surface area contributed by atoms with Gasteiger partial charge in [0, 0.05) is 18.0 Å². The summed E-state index contributed by atoms with van der Waals surface area (Å²) in [6.07, 6.45) is 1.80. The van der Waals surface area contributed by atoms with Gasteiger partial charge in [-0.2, -0.15) is 0 Å². The van der Waals surface area contributed by atoms with Crippen molar-refractivity contribution in [3.63, 3.8) is 0 Å². The fourth-order valence-electron chi connectivity index (χ4n) is 3.29. The van der Waals surface area contributed by atoms with Crippen LogP contribution in [0.2, 0.25) is 0 Å². The first-order chi connectivity index (χ1) is 10.4. The van der Waals surface area contributed by atoms with Gasteiger partial charge in [-0.3, -0.25) is 4.90 Å². The summed E-state index contributed by atoms with van der Waals surface area (Å²) < 4.78 is 53.9. The van der Waals surface area contributed by atoms with Gasteiger partial charge in [0.2, 0.25) is 0 Å². The predicted molar refractivity (Wildman–Crippen MR) is 78.6 cm³/mol. The Morgan fingerprint density at radius 1 is 1.14 bits per heavy atom. The fraction of sp³-hybridized carbons (Fsp3) is 0.600. The number of sulfone groups is 1. The lowest BCUT2D eigenvalue weighted by Gasteiger charge is -2.47. The topological polar surface area (TPSA) is 46.6 Å². The van der Waals surface area contributed by atoms with Crippen LogP contribution in [-0.4, -0.2) is 51.1 Å². The molecule has 0 aromatic heterocycles. The molecule has 2 saturated heterocycles. The number of hydrogen-bond acceptors (Lipinski definition) is 4. The first-order valence-corrected chi connectivity index (χ1v) is 9.20. The van der Waals surface area contributed by atoms with Crippen LogP contribution in [0.1, 0.15) is 12.8 Å². The van der Waals surface area contributed by atoms with Gasteiger partial charge >= 0.3 is 0 Å². The third-order valence-electron chi connectivity index (χ3n) is 4.54. The summed E-state index contributed by atoms with van der Waals surface area (Å²) in [4.78, 5) is 2.22. The lowest BCUT2D eigenvalue weighted by Crippen LogP contribution is -2.54. The van der Waals surface area contributed by atoms with Crippen LogP contribution in [0.15, 0.2) is 18.2 Å². The summed E-state index contributed by atoms with van der Waals surface area (Å²) in [7, 11) is -2.78. The summed E-state index contributed by atoms with van der Waals surface area (Å²) in [5.74, 6) is -0.816. The molecule has 1 aromatic rings. The number of halogens is 2. The number of nitrogens with zero attached hydrogens (tertiary/aromatic N) is 1. The van der Waals surface area contributed by atoms with Crippen LogP contribution in [0.25, 0.3) is 0 Å². The molecule has 0 radical (unpaired) electrons. The number of ether oxygens (including phenoxy) is 1. The van der Waals surface area contributed by atoms with Crippen LogP contribution in [0, 0.1) is 17.0 Å². The maximum absolute atomic E-state index is 13.0. The van der Waals surface area contributed by atoms with Crippen LogP contribution in [0.3, 0.4) is 0 Å². The van der Waals surface area contributed by atoms with Crippen molar-refractivity contribution in [1.29, 1.82) is 0 Å². The van der Waals surface area contributed by atoms with Gasteiger partial charge < -0.3 is 4.74 Å². The third-order valence-corrected chi connectivity index (χ3v) is 6.64. The van der Waals surface area contributed by atoms with E-state index in [0.717, 1.165) is 38.1 Å². The van der Waals surface area contributed by atoms with Crippen molar-refractivity contribution in [3.8, 4) is 5.75 Å². The maximum Gasteiger partial charge on any atom is 0.162 e. The Bertz CT molecular complexity index is 641. The third kappa shape index (κ3) is 3.41. The molecule has 1 aromatic carbocycles. The van der Waals surface area contributed by atoms with E-state index in [9.17, 15) is 17.2 Å². The van der Waals surface area contributed by atoms with Crippen LogP contribution in [0.4, 0.5) is 8.78 Å². The van der Waals surface area contributed by atoms with Gasteiger partial charge in [0.15, 0.2) is 21.5 Å². The molecule has 2 heterocycles. The van der Waals surface area contributed by atoms with Crippen molar-refractivity contribution in [2.75, 3.05) is 37.7 Å². The molecule has 122 valence electrons. The Kier molecular flexibility index (Phi) is 4.11. The highest BCUT2D eigenvalue weighted by Crippen LogP contribution is 2.42. The van der Waals surface area contributed by atoms with E-state index in [1.54, 1.807) is 0 Å². The smallest absolute Gasteiger partial charge is 0.162 e. The fourth-order valence-corrected chi connectivity index (χ4v) is 5.65. The summed E-state index contributed by atoms with van der Waals surface area (Å²) in [6, 6.07) is 3.49. The number of piperidine rings is 1. The number of rotatable bonds is 4. The first-order valence-electron chi connectivity index (χ1n) is 7.38. The van der Waals surface area contributed by atoms with Crippen molar-refractivity contribution in [2.24, 2.45) is 5.41 Å². The van der Waals surface area contributed by atoms with Crippen LogP contribution in [-0.2, 0) is 9.84 Å². The molecule has 0 saturated carbocycles. The maximum atomic E-state index is 13.0. The minimum Gasteiger partial charge on any atom is -0.492 e. The van der Waals surface area contributed by atoms with E-state index in [-0.39, 0.29) is 5.41 Å². The average Bonchev–Trinajstić information content (AvgIpc) is 2.43. The molecule has 0 amide bonds. The van der Waals surface area contributed by atoms with E-state index in [1.165, 1.54) is 6.07 Å².